The molecule has 0 fully saturated rings. The van der Waals surface area contributed by atoms with Gasteiger partial charge in [-0.2, -0.15) is 0 Å². The van der Waals surface area contributed by atoms with Gasteiger partial charge in [0.1, 0.15) is 11.5 Å². The Morgan fingerprint density at radius 2 is 0.958 bits per heavy atom. The Hall–Kier alpha value is -1.79. The highest BCUT2D eigenvalue weighted by molar-refractivity contribution is 6.71. The van der Waals surface area contributed by atoms with Gasteiger partial charge < -0.3 is 8.85 Å². The van der Waals surface area contributed by atoms with Crippen molar-refractivity contribution in [3.63, 3.8) is 0 Å². The first-order chi connectivity index (χ1) is 11.1. The van der Waals surface area contributed by atoms with Crippen LogP contribution in [0.1, 0.15) is 0 Å². The van der Waals surface area contributed by atoms with Crippen molar-refractivity contribution < 1.29 is 8.85 Å². The van der Waals surface area contributed by atoms with Crippen LogP contribution in [0.5, 0.6) is 11.5 Å². The quantitative estimate of drug-likeness (QED) is 0.397. The van der Waals surface area contributed by atoms with Gasteiger partial charge in [-0.25, -0.2) is 0 Å². The maximum absolute atomic E-state index is 6.34. The zero-order valence-electron chi connectivity index (χ0n) is 15.4. The number of rotatable bonds is 4. The number of benzene rings is 3. The maximum Gasteiger partial charge on any atom is 0.242 e. The Morgan fingerprint density at radius 1 is 0.583 bits per heavy atom. The van der Waals surface area contributed by atoms with E-state index >= 15 is 0 Å². The first kappa shape index (κ1) is 17.1. The molecule has 2 nitrogen and oxygen atoms in total. The molecule has 0 amide bonds. The van der Waals surface area contributed by atoms with Gasteiger partial charge in [0.05, 0.1) is 0 Å². The Labute approximate surface area is 146 Å². The van der Waals surface area contributed by atoms with Crippen molar-refractivity contribution in [2.45, 2.75) is 39.3 Å². The topological polar surface area (TPSA) is 18.5 Å². The minimum atomic E-state index is -1.68. The fraction of sp³-hybridized carbons (Fsp3) is 0.300. The summed E-state index contributed by atoms with van der Waals surface area (Å²) in [5.74, 6) is 1.94. The normalized spacial score (nSPS) is 12.6. The molecule has 126 valence electrons. The van der Waals surface area contributed by atoms with Crippen LogP contribution < -0.4 is 8.85 Å². The zero-order chi connectivity index (χ0) is 17.5. The lowest BCUT2D eigenvalue weighted by Crippen LogP contribution is -2.30. The van der Waals surface area contributed by atoms with Crippen molar-refractivity contribution in [3.8, 4) is 11.5 Å². The van der Waals surface area contributed by atoms with Crippen molar-refractivity contribution in [2.75, 3.05) is 0 Å². The van der Waals surface area contributed by atoms with E-state index in [1.807, 2.05) is 0 Å². The molecule has 0 atom stereocenters. The van der Waals surface area contributed by atoms with Crippen molar-refractivity contribution in [1.29, 1.82) is 0 Å². The van der Waals surface area contributed by atoms with Crippen LogP contribution in [0.15, 0.2) is 48.5 Å². The smallest absolute Gasteiger partial charge is 0.242 e. The minimum Gasteiger partial charge on any atom is -0.544 e. The molecule has 0 N–H and O–H groups in total. The summed E-state index contributed by atoms with van der Waals surface area (Å²) in [7, 11) is -3.36. The third-order valence-electron chi connectivity index (χ3n) is 3.64. The lowest BCUT2D eigenvalue weighted by molar-refractivity contribution is 0.552. The molecule has 3 aromatic rings. The second-order valence-electron chi connectivity index (χ2n) is 8.24. The Kier molecular flexibility index (Phi) is 4.22. The monoisotopic (exact) mass is 354 g/mol. The van der Waals surface area contributed by atoms with Gasteiger partial charge in [-0.15, -0.1) is 0 Å². The molecule has 0 spiro atoms. The lowest BCUT2D eigenvalue weighted by Gasteiger charge is -2.24. The van der Waals surface area contributed by atoms with Crippen LogP contribution in [0.2, 0.25) is 39.3 Å². The van der Waals surface area contributed by atoms with Gasteiger partial charge in [-0.1, -0.05) is 24.3 Å². The summed E-state index contributed by atoms with van der Waals surface area (Å²) in [6, 6.07) is 17.1. The molecule has 0 saturated carbocycles. The lowest BCUT2D eigenvalue weighted by atomic mass is 10.0. The summed E-state index contributed by atoms with van der Waals surface area (Å²) >= 11 is 0. The van der Waals surface area contributed by atoms with Gasteiger partial charge in [-0.3, -0.25) is 0 Å². The van der Waals surface area contributed by atoms with E-state index in [1.165, 1.54) is 10.8 Å². The van der Waals surface area contributed by atoms with E-state index in [0.717, 1.165) is 22.3 Å². The Morgan fingerprint density at radius 3 is 1.29 bits per heavy atom. The fourth-order valence-corrected chi connectivity index (χ4v) is 4.49. The number of hydrogen-bond acceptors (Lipinski definition) is 2. The van der Waals surface area contributed by atoms with E-state index in [2.05, 4.69) is 87.8 Å². The van der Waals surface area contributed by atoms with Gasteiger partial charge in [0, 0.05) is 10.8 Å². The summed E-state index contributed by atoms with van der Waals surface area (Å²) in [6.45, 7) is 13.3. The molecule has 3 aromatic carbocycles. The molecule has 0 aromatic heterocycles. The summed E-state index contributed by atoms with van der Waals surface area (Å²) in [5.41, 5.74) is 0. The Bertz CT molecular complexity index is 816. The summed E-state index contributed by atoms with van der Waals surface area (Å²) in [6.07, 6.45) is 0. The third-order valence-corrected chi connectivity index (χ3v) is 5.30. The van der Waals surface area contributed by atoms with E-state index in [9.17, 15) is 0 Å². The number of fused-ring (bicyclic) bond motifs is 2. The molecule has 0 radical (unpaired) electrons. The SMILES string of the molecule is C[Si](C)(C)Oc1ccc(O[Si](C)(C)C)c2cc3ccccc3cc12. The minimum absolute atomic E-state index is 0.970. The molecule has 0 saturated heterocycles. The molecule has 0 aliphatic rings. The summed E-state index contributed by atoms with van der Waals surface area (Å²) < 4.78 is 12.7. The first-order valence-electron chi connectivity index (χ1n) is 8.46. The molecule has 0 unspecified atom stereocenters. The molecule has 0 aliphatic heterocycles. The van der Waals surface area contributed by atoms with Gasteiger partial charge in [0.15, 0.2) is 0 Å². The summed E-state index contributed by atoms with van der Waals surface area (Å²) in [4.78, 5) is 0. The largest absolute Gasteiger partial charge is 0.544 e. The highest BCUT2D eigenvalue weighted by Crippen LogP contribution is 2.38. The summed E-state index contributed by atoms with van der Waals surface area (Å²) in [5, 5.41) is 4.75. The second kappa shape index (κ2) is 5.94. The molecule has 0 heterocycles. The van der Waals surface area contributed by atoms with Crippen molar-refractivity contribution in [1.82, 2.24) is 0 Å². The van der Waals surface area contributed by atoms with Crippen LogP contribution in [0.4, 0.5) is 0 Å². The van der Waals surface area contributed by atoms with Crippen LogP contribution in [0.3, 0.4) is 0 Å². The van der Waals surface area contributed by atoms with Crippen LogP contribution >= 0.6 is 0 Å². The molecule has 4 heteroatoms. The van der Waals surface area contributed by atoms with Crippen molar-refractivity contribution in [3.05, 3.63) is 48.5 Å². The highest BCUT2D eigenvalue weighted by Gasteiger charge is 2.21. The number of hydrogen-bond donors (Lipinski definition) is 0. The van der Waals surface area contributed by atoms with Crippen molar-refractivity contribution >= 4 is 38.2 Å². The van der Waals surface area contributed by atoms with Crippen LogP contribution in [0, 0.1) is 0 Å². The van der Waals surface area contributed by atoms with Crippen LogP contribution in [0.25, 0.3) is 21.5 Å². The Balaban J connectivity index is 2.27. The zero-order valence-corrected chi connectivity index (χ0v) is 17.4. The van der Waals surface area contributed by atoms with Crippen LogP contribution in [-0.2, 0) is 0 Å². The standard InChI is InChI=1S/C20H26O2Si2/c1-23(2,3)21-19-11-12-20(22-24(4,5)6)18-14-16-10-8-7-9-15(16)13-17(18)19/h7-14H,1-6H3. The van der Waals surface area contributed by atoms with Gasteiger partial charge >= 0.3 is 0 Å². The molecule has 0 bridgehead atoms. The predicted octanol–water partition coefficient (Wildman–Crippen LogP) is 6.42. The van der Waals surface area contributed by atoms with Gasteiger partial charge in [-0.05, 0) is 74.3 Å². The predicted molar refractivity (Wildman–Crippen MR) is 109 cm³/mol. The van der Waals surface area contributed by atoms with E-state index in [-0.39, 0.29) is 0 Å². The van der Waals surface area contributed by atoms with Gasteiger partial charge in [0.25, 0.3) is 0 Å². The highest BCUT2D eigenvalue weighted by atomic mass is 28.4. The average Bonchev–Trinajstić information content (AvgIpc) is 2.45. The maximum atomic E-state index is 6.34. The van der Waals surface area contributed by atoms with Crippen LogP contribution in [-0.4, -0.2) is 16.6 Å². The molecule has 0 aliphatic carbocycles. The molecule has 24 heavy (non-hydrogen) atoms. The fourth-order valence-electron chi connectivity index (χ4n) is 2.82. The third kappa shape index (κ3) is 3.82. The van der Waals surface area contributed by atoms with E-state index in [4.69, 9.17) is 8.85 Å². The van der Waals surface area contributed by atoms with Crippen molar-refractivity contribution in [2.24, 2.45) is 0 Å². The molecular weight excluding hydrogens is 328 g/mol. The van der Waals surface area contributed by atoms with E-state index < -0.39 is 16.6 Å². The second-order valence-corrected chi connectivity index (χ2v) is 17.1. The first-order valence-corrected chi connectivity index (χ1v) is 15.3. The van der Waals surface area contributed by atoms with E-state index in [0.29, 0.717) is 0 Å². The molecule has 3 rings (SSSR count). The van der Waals surface area contributed by atoms with Gasteiger partial charge in [0.2, 0.25) is 16.6 Å². The van der Waals surface area contributed by atoms with E-state index in [1.54, 1.807) is 0 Å². The molecular formula is C20H26O2Si2. The average molecular weight is 355 g/mol.